The van der Waals surface area contributed by atoms with E-state index in [4.69, 9.17) is 4.74 Å². The number of esters is 1. The molecule has 72 valence electrons. The molecular formula is C10H9NO3. The molecule has 1 saturated heterocycles. The summed E-state index contributed by atoms with van der Waals surface area (Å²) >= 11 is 0. The predicted molar refractivity (Wildman–Crippen MR) is 47.6 cm³/mol. The lowest BCUT2D eigenvalue weighted by atomic mass is 9.98. The van der Waals surface area contributed by atoms with Gasteiger partial charge in [-0.25, -0.2) is 0 Å². The zero-order chi connectivity index (χ0) is 9.97. The molecule has 0 amide bonds. The fourth-order valence-corrected chi connectivity index (χ4v) is 1.44. The summed E-state index contributed by atoms with van der Waals surface area (Å²) < 4.78 is 4.73. The van der Waals surface area contributed by atoms with E-state index in [1.807, 2.05) is 0 Å². The zero-order valence-corrected chi connectivity index (χ0v) is 7.47. The number of carbonyl (C=O) groups is 2. The Labute approximate surface area is 80.9 Å². The summed E-state index contributed by atoms with van der Waals surface area (Å²) in [5.41, 5.74) is 0.469. The number of aromatic nitrogens is 1. The monoisotopic (exact) mass is 191 g/mol. The highest BCUT2D eigenvalue weighted by Gasteiger charge is 2.33. The predicted octanol–water partition coefficient (Wildman–Crippen LogP) is 0.827. The van der Waals surface area contributed by atoms with E-state index >= 15 is 0 Å². The van der Waals surface area contributed by atoms with Gasteiger partial charge >= 0.3 is 5.97 Å². The standard InChI is InChI=1S/C10H9NO3/c12-9(7-2-1-4-11-6-7)8-3-5-14-10(8)13/h1-2,4,6,8H,3,5H2/t8-/m0/s1. The molecule has 1 atom stereocenters. The Morgan fingerprint density at radius 1 is 1.57 bits per heavy atom. The lowest BCUT2D eigenvalue weighted by molar-refractivity contribution is -0.140. The molecule has 0 unspecified atom stereocenters. The SMILES string of the molecule is O=C1OCC[C@H]1C(=O)c1cccnc1. The maximum Gasteiger partial charge on any atom is 0.316 e. The zero-order valence-electron chi connectivity index (χ0n) is 7.47. The maximum atomic E-state index is 11.7. The first-order chi connectivity index (χ1) is 6.79. The van der Waals surface area contributed by atoms with E-state index < -0.39 is 11.9 Å². The normalized spacial score (nSPS) is 20.6. The molecule has 1 aromatic rings. The third-order valence-corrected chi connectivity index (χ3v) is 2.20. The summed E-state index contributed by atoms with van der Waals surface area (Å²) in [6, 6.07) is 3.33. The van der Waals surface area contributed by atoms with Crippen LogP contribution in [0.1, 0.15) is 16.8 Å². The van der Waals surface area contributed by atoms with Gasteiger partial charge in [-0.05, 0) is 12.1 Å². The van der Waals surface area contributed by atoms with E-state index in [-0.39, 0.29) is 5.78 Å². The van der Waals surface area contributed by atoms with E-state index in [1.165, 1.54) is 6.20 Å². The Morgan fingerprint density at radius 3 is 3.00 bits per heavy atom. The van der Waals surface area contributed by atoms with Gasteiger partial charge < -0.3 is 4.74 Å². The first-order valence-corrected chi connectivity index (χ1v) is 4.40. The van der Waals surface area contributed by atoms with Crippen molar-refractivity contribution in [2.45, 2.75) is 6.42 Å². The second kappa shape index (κ2) is 3.57. The first-order valence-electron chi connectivity index (χ1n) is 4.40. The minimum absolute atomic E-state index is 0.194. The van der Waals surface area contributed by atoms with Gasteiger partial charge in [0.15, 0.2) is 5.78 Å². The van der Waals surface area contributed by atoms with Crippen molar-refractivity contribution in [3.8, 4) is 0 Å². The van der Waals surface area contributed by atoms with Gasteiger partial charge in [0.1, 0.15) is 5.92 Å². The quantitative estimate of drug-likeness (QED) is 0.394. The van der Waals surface area contributed by atoms with Gasteiger partial charge in [-0.2, -0.15) is 0 Å². The number of rotatable bonds is 2. The Hall–Kier alpha value is -1.71. The van der Waals surface area contributed by atoms with Crippen LogP contribution in [0.2, 0.25) is 0 Å². The van der Waals surface area contributed by atoms with Crippen molar-refractivity contribution in [3.05, 3.63) is 30.1 Å². The highest BCUT2D eigenvalue weighted by molar-refractivity contribution is 6.09. The average Bonchev–Trinajstić information content (AvgIpc) is 2.65. The fraction of sp³-hybridized carbons (Fsp3) is 0.300. The van der Waals surface area contributed by atoms with Crippen LogP contribution in [0, 0.1) is 5.92 Å². The molecule has 2 rings (SSSR count). The summed E-state index contributed by atoms with van der Waals surface area (Å²) in [4.78, 5) is 26.7. The number of carbonyl (C=O) groups excluding carboxylic acids is 2. The minimum atomic E-state index is -0.626. The summed E-state index contributed by atoms with van der Waals surface area (Å²) in [7, 11) is 0. The molecule has 0 saturated carbocycles. The highest BCUT2D eigenvalue weighted by atomic mass is 16.5. The lowest BCUT2D eigenvalue weighted by Crippen LogP contribution is -2.19. The topological polar surface area (TPSA) is 56.3 Å². The minimum Gasteiger partial charge on any atom is -0.465 e. The Bertz CT molecular complexity index is 361. The van der Waals surface area contributed by atoms with Crippen molar-refractivity contribution in [2.24, 2.45) is 5.92 Å². The smallest absolute Gasteiger partial charge is 0.316 e. The van der Waals surface area contributed by atoms with E-state index in [1.54, 1.807) is 18.3 Å². The Morgan fingerprint density at radius 2 is 2.43 bits per heavy atom. The van der Waals surface area contributed by atoms with Gasteiger partial charge in [-0.1, -0.05) is 0 Å². The van der Waals surface area contributed by atoms with Crippen LogP contribution in [0.15, 0.2) is 24.5 Å². The maximum absolute atomic E-state index is 11.7. The van der Waals surface area contributed by atoms with Crippen LogP contribution in [0.4, 0.5) is 0 Å². The van der Waals surface area contributed by atoms with Crippen LogP contribution in [-0.2, 0) is 9.53 Å². The molecule has 0 spiro atoms. The van der Waals surface area contributed by atoms with Crippen molar-refractivity contribution >= 4 is 11.8 Å². The van der Waals surface area contributed by atoms with Crippen molar-refractivity contribution < 1.29 is 14.3 Å². The van der Waals surface area contributed by atoms with Crippen molar-refractivity contribution in [2.75, 3.05) is 6.61 Å². The van der Waals surface area contributed by atoms with Gasteiger partial charge in [0.2, 0.25) is 0 Å². The largest absolute Gasteiger partial charge is 0.465 e. The van der Waals surface area contributed by atoms with Gasteiger partial charge in [0, 0.05) is 24.4 Å². The van der Waals surface area contributed by atoms with Crippen LogP contribution in [-0.4, -0.2) is 23.3 Å². The number of Topliss-reactive ketones (excluding diaryl/α,β-unsaturated/α-hetero) is 1. The van der Waals surface area contributed by atoms with E-state index in [0.29, 0.717) is 18.6 Å². The molecule has 1 aromatic heterocycles. The number of ketones is 1. The second-order valence-electron chi connectivity index (χ2n) is 3.11. The lowest BCUT2D eigenvalue weighted by Gasteiger charge is -2.03. The molecule has 4 nitrogen and oxygen atoms in total. The molecule has 0 aromatic carbocycles. The fourth-order valence-electron chi connectivity index (χ4n) is 1.44. The molecule has 0 N–H and O–H groups in total. The third-order valence-electron chi connectivity index (χ3n) is 2.20. The van der Waals surface area contributed by atoms with Crippen LogP contribution in [0.5, 0.6) is 0 Å². The summed E-state index contributed by atoms with van der Waals surface area (Å²) in [6.45, 7) is 0.343. The number of ether oxygens (including phenoxy) is 1. The Balaban J connectivity index is 2.20. The highest BCUT2D eigenvalue weighted by Crippen LogP contribution is 2.19. The molecule has 0 radical (unpaired) electrons. The molecule has 1 fully saturated rings. The second-order valence-corrected chi connectivity index (χ2v) is 3.11. The third kappa shape index (κ3) is 1.51. The molecule has 0 bridgehead atoms. The van der Waals surface area contributed by atoms with Crippen LogP contribution >= 0.6 is 0 Å². The van der Waals surface area contributed by atoms with Crippen LogP contribution < -0.4 is 0 Å². The average molecular weight is 191 g/mol. The van der Waals surface area contributed by atoms with Crippen LogP contribution in [0.3, 0.4) is 0 Å². The number of pyridine rings is 1. The van der Waals surface area contributed by atoms with Gasteiger partial charge in [-0.15, -0.1) is 0 Å². The summed E-state index contributed by atoms with van der Waals surface area (Å²) in [6.07, 6.45) is 3.53. The molecule has 14 heavy (non-hydrogen) atoms. The van der Waals surface area contributed by atoms with E-state index in [0.717, 1.165) is 0 Å². The summed E-state index contributed by atoms with van der Waals surface area (Å²) in [5, 5.41) is 0. The molecule has 1 aliphatic rings. The van der Waals surface area contributed by atoms with Gasteiger partial charge in [0.05, 0.1) is 6.61 Å². The van der Waals surface area contributed by atoms with Crippen molar-refractivity contribution in [1.82, 2.24) is 4.98 Å². The summed E-state index contributed by atoms with van der Waals surface area (Å²) in [5.74, 6) is -1.24. The van der Waals surface area contributed by atoms with Gasteiger partial charge in [-0.3, -0.25) is 14.6 Å². The molecule has 1 aliphatic heterocycles. The molecule has 0 aliphatic carbocycles. The number of cyclic esters (lactones) is 1. The van der Waals surface area contributed by atoms with Crippen molar-refractivity contribution in [1.29, 1.82) is 0 Å². The molecular weight excluding hydrogens is 182 g/mol. The van der Waals surface area contributed by atoms with Gasteiger partial charge in [0.25, 0.3) is 0 Å². The number of hydrogen-bond acceptors (Lipinski definition) is 4. The first kappa shape index (κ1) is 8.87. The van der Waals surface area contributed by atoms with E-state index in [2.05, 4.69) is 4.98 Å². The Kier molecular flexibility index (Phi) is 2.26. The van der Waals surface area contributed by atoms with E-state index in [9.17, 15) is 9.59 Å². The molecule has 2 heterocycles. The molecule has 4 heteroatoms. The number of hydrogen-bond donors (Lipinski definition) is 0. The van der Waals surface area contributed by atoms with Crippen LogP contribution in [0.25, 0.3) is 0 Å². The number of nitrogens with zero attached hydrogens (tertiary/aromatic N) is 1. The van der Waals surface area contributed by atoms with Crippen molar-refractivity contribution in [3.63, 3.8) is 0 Å².